The topological polar surface area (TPSA) is 49.9 Å². The monoisotopic (exact) mass is 456 g/mol. The summed E-state index contributed by atoms with van der Waals surface area (Å²) in [6.45, 7) is 6.63. The zero-order valence-electron chi connectivity index (χ0n) is 20.3. The van der Waals surface area contributed by atoms with E-state index in [1.807, 2.05) is 67.3 Å². The number of ether oxygens (including phenoxy) is 1. The number of nitrogens with zero attached hydrogens (tertiary/aromatic N) is 2. The second kappa shape index (κ2) is 10.1. The second-order valence-electron chi connectivity index (χ2n) is 9.18. The number of hydrogen-bond acceptors (Lipinski definition) is 3. The molecule has 0 bridgehead atoms. The molecule has 34 heavy (non-hydrogen) atoms. The lowest BCUT2D eigenvalue weighted by atomic mass is 9.87. The number of fused-ring (bicyclic) bond motifs is 1. The summed E-state index contributed by atoms with van der Waals surface area (Å²) in [6.07, 6.45) is 0.769. The van der Waals surface area contributed by atoms with Crippen molar-refractivity contribution in [2.45, 2.75) is 39.3 Å². The van der Waals surface area contributed by atoms with Gasteiger partial charge in [0, 0.05) is 25.2 Å². The molecule has 0 saturated heterocycles. The van der Waals surface area contributed by atoms with E-state index in [0.717, 1.165) is 23.1 Å². The number of aryl methyl sites for hydroxylation is 1. The molecule has 0 spiro atoms. The van der Waals surface area contributed by atoms with Crippen molar-refractivity contribution in [2.75, 3.05) is 20.2 Å². The van der Waals surface area contributed by atoms with Gasteiger partial charge < -0.3 is 14.5 Å². The van der Waals surface area contributed by atoms with Gasteiger partial charge in [-0.3, -0.25) is 9.59 Å². The van der Waals surface area contributed by atoms with Crippen LogP contribution in [-0.4, -0.2) is 47.9 Å². The van der Waals surface area contributed by atoms with Gasteiger partial charge in [-0.05, 0) is 68.1 Å². The molecule has 1 aliphatic rings. The maximum atomic E-state index is 13.6. The van der Waals surface area contributed by atoms with Gasteiger partial charge >= 0.3 is 0 Å². The van der Waals surface area contributed by atoms with Gasteiger partial charge in [-0.15, -0.1) is 0 Å². The Kier molecular flexibility index (Phi) is 7.01. The number of amides is 2. The first-order valence-corrected chi connectivity index (χ1v) is 11.8. The molecule has 1 aliphatic heterocycles. The fourth-order valence-electron chi connectivity index (χ4n) is 4.38. The van der Waals surface area contributed by atoms with Crippen LogP contribution in [0.3, 0.4) is 0 Å². The number of rotatable bonds is 6. The van der Waals surface area contributed by atoms with E-state index in [0.29, 0.717) is 17.9 Å². The first-order valence-electron chi connectivity index (χ1n) is 11.8. The van der Waals surface area contributed by atoms with Gasteiger partial charge in [0.25, 0.3) is 11.8 Å². The van der Waals surface area contributed by atoms with Crippen molar-refractivity contribution in [3.05, 3.63) is 101 Å². The average molecular weight is 457 g/mol. The van der Waals surface area contributed by atoms with Gasteiger partial charge in [0.2, 0.25) is 0 Å². The Hall–Kier alpha value is -3.60. The summed E-state index contributed by atoms with van der Waals surface area (Å²) in [5.74, 6) is 0.581. The fraction of sp³-hybridized carbons (Fsp3) is 0.310. The summed E-state index contributed by atoms with van der Waals surface area (Å²) in [6, 6.07) is 23.6. The largest absolute Gasteiger partial charge is 0.484 e. The molecule has 0 saturated carbocycles. The molecule has 0 fully saturated rings. The Labute approximate surface area is 202 Å². The SMILES string of the molecule is Cc1cccc(C2c3cc(OCC(=O)N(C)C(C)C)ccc3CCN2C(=O)c2ccccc2)c1. The molecule has 176 valence electrons. The van der Waals surface area contributed by atoms with Crippen LogP contribution in [0.1, 0.15) is 52.5 Å². The highest BCUT2D eigenvalue weighted by Gasteiger charge is 2.33. The molecule has 3 aromatic rings. The molecule has 1 heterocycles. The maximum absolute atomic E-state index is 13.6. The quantitative estimate of drug-likeness (QED) is 0.523. The molecule has 1 unspecified atom stereocenters. The van der Waals surface area contributed by atoms with E-state index in [1.54, 1.807) is 11.9 Å². The Morgan fingerprint density at radius 2 is 1.79 bits per heavy atom. The Morgan fingerprint density at radius 3 is 2.50 bits per heavy atom. The number of benzene rings is 3. The fourth-order valence-corrected chi connectivity index (χ4v) is 4.38. The van der Waals surface area contributed by atoms with Crippen molar-refractivity contribution in [3.63, 3.8) is 0 Å². The molecule has 0 aliphatic carbocycles. The Morgan fingerprint density at radius 1 is 1.03 bits per heavy atom. The summed E-state index contributed by atoms with van der Waals surface area (Å²) in [7, 11) is 1.78. The molecular formula is C29H32N2O3. The summed E-state index contributed by atoms with van der Waals surface area (Å²) in [4.78, 5) is 29.6. The van der Waals surface area contributed by atoms with Crippen LogP contribution in [-0.2, 0) is 11.2 Å². The third-order valence-electron chi connectivity index (χ3n) is 6.52. The first-order chi connectivity index (χ1) is 16.3. The van der Waals surface area contributed by atoms with E-state index in [4.69, 9.17) is 4.74 Å². The van der Waals surface area contributed by atoms with Crippen molar-refractivity contribution in [2.24, 2.45) is 0 Å². The minimum absolute atomic E-state index is 0.0119. The number of likely N-dealkylation sites (N-methyl/N-ethyl adjacent to an activating group) is 1. The van der Waals surface area contributed by atoms with Crippen molar-refractivity contribution >= 4 is 11.8 Å². The predicted octanol–water partition coefficient (Wildman–Crippen LogP) is 5.03. The highest BCUT2D eigenvalue weighted by molar-refractivity contribution is 5.95. The van der Waals surface area contributed by atoms with Crippen LogP contribution in [0.5, 0.6) is 5.75 Å². The van der Waals surface area contributed by atoms with E-state index >= 15 is 0 Å². The lowest BCUT2D eigenvalue weighted by Gasteiger charge is -2.38. The van der Waals surface area contributed by atoms with Crippen molar-refractivity contribution in [3.8, 4) is 5.75 Å². The van der Waals surface area contributed by atoms with Crippen LogP contribution >= 0.6 is 0 Å². The zero-order chi connectivity index (χ0) is 24.2. The first kappa shape index (κ1) is 23.6. The predicted molar refractivity (Wildman–Crippen MR) is 134 cm³/mol. The lowest BCUT2D eigenvalue weighted by molar-refractivity contribution is -0.133. The van der Waals surface area contributed by atoms with Crippen molar-refractivity contribution in [1.82, 2.24) is 9.80 Å². The van der Waals surface area contributed by atoms with E-state index in [-0.39, 0.29) is 30.5 Å². The maximum Gasteiger partial charge on any atom is 0.260 e. The van der Waals surface area contributed by atoms with Crippen molar-refractivity contribution < 1.29 is 14.3 Å². The van der Waals surface area contributed by atoms with Crippen LogP contribution in [0.2, 0.25) is 0 Å². The zero-order valence-corrected chi connectivity index (χ0v) is 20.3. The molecule has 3 aromatic carbocycles. The third-order valence-corrected chi connectivity index (χ3v) is 6.52. The molecule has 1 atom stereocenters. The summed E-state index contributed by atoms with van der Waals surface area (Å²) < 4.78 is 5.90. The standard InChI is InChI=1S/C29H32N2O3/c1-20(2)30(4)27(32)19-34-25-14-13-22-15-16-31(29(33)23-10-6-5-7-11-23)28(26(22)18-25)24-12-8-9-21(3)17-24/h5-14,17-18,20,28H,15-16,19H2,1-4H3. The summed E-state index contributed by atoms with van der Waals surface area (Å²) >= 11 is 0. The van der Waals surface area contributed by atoms with E-state index in [1.165, 1.54) is 5.56 Å². The number of hydrogen-bond donors (Lipinski definition) is 0. The van der Waals surface area contributed by atoms with E-state index in [9.17, 15) is 9.59 Å². The minimum atomic E-state index is -0.228. The van der Waals surface area contributed by atoms with E-state index < -0.39 is 0 Å². The van der Waals surface area contributed by atoms with Gasteiger partial charge in [0.1, 0.15) is 5.75 Å². The molecule has 0 aromatic heterocycles. The van der Waals surface area contributed by atoms with Crippen LogP contribution in [0.4, 0.5) is 0 Å². The second-order valence-corrected chi connectivity index (χ2v) is 9.18. The summed E-state index contributed by atoms with van der Waals surface area (Å²) in [5.41, 5.74) is 5.13. The smallest absolute Gasteiger partial charge is 0.260 e. The van der Waals surface area contributed by atoms with E-state index in [2.05, 4.69) is 31.2 Å². The average Bonchev–Trinajstić information content (AvgIpc) is 2.85. The summed E-state index contributed by atoms with van der Waals surface area (Å²) in [5, 5.41) is 0. The molecule has 0 radical (unpaired) electrons. The van der Waals surface area contributed by atoms with Crippen LogP contribution in [0.25, 0.3) is 0 Å². The highest BCUT2D eigenvalue weighted by atomic mass is 16.5. The Bertz CT molecular complexity index is 1170. The van der Waals surface area contributed by atoms with Crippen molar-refractivity contribution in [1.29, 1.82) is 0 Å². The lowest BCUT2D eigenvalue weighted by Crippen LogP contribution is -2.40. The molecule has 0 N–H and O–H groups in total. The molecular weight excluding hydrogens is 424 g/mol. The van der Waals surface area contributed by atoms with Crippen LogP contribution in [0.15, 0.2) is 72.8 Å². The number of carbonyl (C=O) groups excluding carboxylic acids is 2. The van der Waals surface area contributed by atoms with Gasteiger partial charge in [0.05, 0.1) is 6.04 Å². The molecule has 5 nitrogen and oxygen atoms in total. The highest BCUT2D eigenvalue weighted by Crippen LogP contribution is 2.38. The van der Waals surface area contributed by atoms with Gasteiger partial charge in [0.15, 0.2) is 6.61 Å². The van der Waals surface area contributed by atoms with Gasteiger partial charge in [-0.25, -0.2) is 0 Å². The van der Waals surface area contributed by atoms with Crippen LogP contribution in [0, 0.1) is 6.92 Å². The third kappa shape index (κ3) is 4.98. The van der Waals surface area contributed by atoms with Crippen LogP contribution < -0.4 is 4.74 Å². The minimum Gasteiger partial charge on any atom is -0.484 e. The normalized spacial score (nSPS) is 15.1. The Balaban J connectivity index is 1.69. The molecule has 5 heteroatoms. The molecule has 4 rings (SSSR count). The van der Waals surface area contributed by atoms with Gasteiger partial charge in [-0.2, -0.15) is 0 Å². The number of carbonyl (C=O) groups is 2. The van der Waals surface area contributed by atoms with Gasteiger partial charge in [-0.1, -0.05) is 54.1 Å². The molecule has 2 amide bonds.